The molecule has 0 aromatic heterocycles. The standard InChI is InChI=1S/C13H19NO4S/c1-11-4-2-5-12(10-11)19(15,16)14-7-6-13-17-8-3-9-18-13/h2,4-5,10,13-14H,3,6-9H2,1H3. The van der Waals surface area contributed by atoms with Gasteiger partial charge in [0.25, 0.3) is 0 Å². The normalized spacial score (nSPS) is 17.5. The summed E-state index contributed by atoms with van der Waals surface area (Å²) in [6.07, 6.45) is 1.12. The molecule has 0 unspecified atom stereocenters. The van der Waals surface area contributed by atoms with Crippen LogP contribution in [0.2, 0.25) is 0 Å². The molecule has 6 heteroatoms. The third-order valence-corrected chi connectivity index (χ3v) is 4.33. The molecule has 5 nitrogen and oxygen atoms in total. The van der Waals surface area contributed by atoms with E-state index in [-0.39, 0.29) is 11.2 Å². The first-order chi connectivity index (χ1) is 9.08. The van der Waals surface area contributed by atoms with E-state index >= 15 is 0 Å². The van der Waals surface area contributed by atoms with Crippen LogP contribution >= 0.6 is 0 Å². The van der Waals surface area contributed by atoms with Crippen molar-refractivity contribution < 1.29 is 17.9 Å². The lowest BCUT2D eigenvalue weighted by Crippen LogP contribution is -2.31. The molecule has 1 aromatic carbocycles. The van der Waals surface area contributed by atoms with Crippen LogP contribution in [-0.2, 0) is 19.5 Å². The Morgan fingerprint density at radius 3 is 2.74 bits per heavy atom. The molecule has 0 radical (unpaired) electrons. The van der Waals surface area contributed by atoms with Gasteiger partial charge in [-0.15, -0.1) is 0 Å². The summed E-state index contributed by atoms with van der Waals surface area (Å²) in [5, 5.41) is 0. The summed E-state index contributed by atoms with van der Waals surface area (Å²) in [4.78, 5) is 0.290. The Kier molecular flexibility index (Phi) is 4.93. The number of rotatable bonds is 5. The van der Waals surface area contributed by atoms with Gasteiger partial charge in [0, 0.05) is 13.0 Å². The monoisotopic (exact) mass is 285 g/mol. The molecule has 19 heavy (non-hydrogen) atoms. The van der Waals surface area contributed by atoms with Crippen LogP contribution in [0.1, 0.15) is 18.4 Å². The van der Waals surface area contributed by atoms with Crippen molar-refractivity contribution in [1.82, 2.24) is 4.72 Å². The van der Waals surface area contributed by atoms with Crippen LogP contribution in [0.5, 0.6) is 0 Å². The van der Waals surface area contributed by atoms with Crippen molar-refractivity contribution >= 4 is 10.0 Å². The Morgan fingerprint density at radius 1 is 1.32 bits per heavy atom. The van der Waals surface area contributed by atoms with Crippen molar-refractivity contribution in [2.75, 3.05) is 19.8 Å². The van der Waals surface area contributed by atoms with Crippen molar-refractivity contribution in [3.05, 3.63) is 29.8 Å². The van der Waals surface area contributed by atoms with E-state index in [9.17, 15) is 8.42 Å². The maximum Gasteiger partial charge on any atom is 0.240 e. The fraction of sp³-hybridized carbons (Fsp3) is 0.538. The average molecular weight is 285 g/mol. The molecule has 106 valence electrons. The van der Waals surface area contributed by atoms with Crippen LogP contribution < -0.4 is 4.72 Å². The minimum Gasteiger partial charge on any atom is -0.353 e. The van der Waals surface area contributed by atoms with E-state index in [0.717, 1.165) is 12.0 Å². The largest absolute Gasteiger partial charge is 0.353 e. The highest BCUT2D eigenvalue weighted by molar-refractivity contribution is 7.89. The fourth-order valence-corrected chi connectivity index (χ4v) is 3.03. The Balaban J connectivity index is 1.87. The van der Waals surface area contributed by atoms with Gasteiger partial charge in [0.15, 0.2) is 6.29 Å². The molecule has 1 heterocycles. The van der Waals surface area contributed by atoms with Gasteiger partial charge in [0.1, 0.15) is 0 Å². The van der Waals surface area contributed by atoms with E-state index in [4.69, 9.17) is 9.47 Å². The summed E-state index contributed by atoms with van der Waals surface area (Å²) in [6.45, 7) is 3.52. The third kappa shape index (κ3) is 4.28. The van der Waals surface area contributed by atoms with Gasteiger partial charge in [-0.05, 0) is 31.0 Å². The molecule has 0 amide bonds. The molecule has 1 aromatic rings. The van der Waals surface area contributed by atoms with Crippen molar-refractivity contribution in [2.24, 2.45) is 0 Å². The first-order valence-corrected chi connectivity index (χ1v) is 7.86. The molecular formula is C13H19NO4S. The topological polar surface area (TPSA) is 64.6 Å². The first-order valence-electron chi connectivity index (χ1n) is 6.37. The highest BCUT2D eigenvalue weighted by atomic mass is 32.2. The molecule has 1 aliphatic heterocycles. The molecule has 1 fully saturated rings. The Labute approximate surface area is 114 Å². The van der Waals surface area contributed by atoms with Crippen molar-refractivity contribution in [2.45, 2.75) is 31.0 Å². The third-order valence-electron chi connectivity index (χ3n) is 2.87. The highest BCUT2D eigenvalue weighted by Crippen LogP contribution is 2.12. The van der Waals surface area contributed by atoms with Crippen LogP contribution in [0.4, 0.5) is 0 Å². The lowest BCUT2D eigenvalue weighted by Gasteiger charge is -2.23. The summed E-state index contributed by atoms with van der Waals surface area (Å²) >= 11 is 0. The van der Waals surface area contributed by atoms with Crippen LogP contribution in [0.15, 0.2) is 29.2 Å². The van der Waals surface area contributed by atoms with E-state index in [2.05, 4.69) is 4.72 Å². The van der Waals surface area contributed by atoms with Crippen LogP contribution in [0.3, 0.4) is 0 Å². The summed E-state index contributed by atoms with van der Waals surface area (Å²) in [5.41, 5.74) is 0.918. The zero-order chi connectivity index (χ0) is 13.7. The zero-order valence-electron chi connectivity index (χ0n) is 11.0. The minimum absolute atomic E-state index is 0.290. The molecular weight excluding hydrogens is 266 g/mol. The number of benzene rings is 1. The smallest absolute Gasteiger partial charge is 0.240 e. The number of hydrogen-bond acceptors (Lipinski definition) is 4. The Bertz CT molecular complexity index is 509. The second-order valence-corrected chi connectivity index (χ2v) is 6.29. The molecule has 0 atom stereocenters. The molecule has 2 rings (SSSR count). The van der Waals surface area contributed by atoms with Gasteiger partial charge in [0.2, 0.25) is 10.0 Å². The predicted octanol–water partition coefficient (Wildman–Crippen LogP) is 1.43. The molecule has 1 aliphatic rings. The first kappa shape index (κ1) is 14.5. The highest BCUT2D eigenvalue weighted by Gasteiger charge is 2.17. The van der Waals surface area contributed by atoms with Gasteiger partial charge >= 0.3 is 0 Å². The summed E-state index contributed by atoms with van der Waals surface area (Å²) in [6, 6.07) is 6.83. The molecule has 0 aliphatic carbocycles. The Hall–Kier alpha value is -0.950. The maximum absolute atomic E-state index is 12.0. The SMILES string of the molecule is Cc1cccc(S(=O)(=O)NCCC2OCCCO2)c1. The second-order valence-electron chi connectivity index (χ2n) is 4.53. The average Bonchev–Trinajstić information content (AvgIpc) is 2.40. The summed E-state index contributed by atoms with van der Waals surface area (Å²) in [5.74, 6) is 0. The molecule has 0 spiro atoms. The molecule has 1 N–H and O–H groups in total. The van der Waals surface area contributed by atoms with Crippen LogP contribution in [0.25, 0.3) is 0 Å². The lowest BCUT2D eigenvalue weighted by molar-refractivity contribution is -0.180. The molecule has 1 saturated heterocycles. The Morgan fingerprint density at radius 2 is 2.05 bits per heavy atom. The maximum atomic E-state index is 12.0. The van der Waals surface area contributed by atoms with Crippen LogP contribution in [0, 0.1) is 6.92 Å². The molecule has 0 bridgehead atoms. The van der Waals surface area contributed by atoms with Crippen molar-refractivity contribution in [1.29, 1.82) is 0 Å². The summed E-state index contributed by atoms with van der Waals surface area (Å²) < 4.78 is 37.3. The van der Waals surface area contributed by atoms with E-state index in [1.54, 1.807) is 18.2 Å². The van der Waals surface area contributed by atoms with Crippen LogP contribution in [-0.4, -0.2) is 34.5 Å². The number of nitrogens with one attached hydrogen (secondary N) is 1. The number of sulfonamides is 1. The quantitative estimate of drug-likeness (QED) is 0.889. The van der Waals surface area contributed by atoms with E-state index in [1.165, 1.54) is 0 Å². The number of ether oxygens (including phenoxy) is 2. The van der Waals surface area contributed by atoms with Gasteiger partial charge in [0.05, 0.1) is 18.1 Å². The van der Waals surface area contributed by atoms with E-state index in [0.29, 0.717) is 26.2 Å². The van der Waals surface area contributed by atoms with Gasteiger partial charge < -0.3 is 9.47 Å². The number of aryl methyl sites for hydroxylation is 1. The van der Waals surface area contributed by atoms with E-state index < -0.39 is 10.0 Å². The van der Waals surface area contributed by atoms with Crippen molar-refractivity contribution in [3.8, 4) is 0 Å². The molecule has 0 saturated carbocycles. The lowest BCUT2D eigenvalue weighted by atomic mass is 10.2. The fourth-order valence-electron chi connectivity index (χ4n) is 1.88. The zero-order valence-corrected chi connectivity index (χ0v) is 11.8. The van der Waals surface area contributed by atoms with Gasteiger partial charge in [-0.1, -0.05) is 12.1 Å². The van der Waals surface area contributed by atoms with Gasteiger partial charge in [-0.2, -0.15) is 0 Å². The van der Waals surface area contributed by atoms with Gasteiger partial charge in [-0.3, -0.25) is 0 Å². The minimum atomic E-state index is -3.44. The van der Waals surface area contributed by atoms with Crippen molar-refractivity contribution in [3.63, 3.8) is 0 Å². The van der Waals surface area contributed by atoms with Gasteiger partial charge in [-0.25, -0.2) is 13.1 Å². The number of hydrogen-bond donors (Lipinski definition) is 1. The second kappa shape index (κ2) is 6.47. The van der Waals surface area contributed by atoms with E-state index in [1.807, 2.05) is 13.0 Å². The predicted molar refractivity (Wildman–Crippen MR) is 71.3 cm³/mol. The summed E-state index contributed by atoms with van der Waals surface area (Å²) in [7, 11) is -3.44.